The molecule has 1 heterocycles. The van der Waals surface area contributed by atoms with E-state index in [0.29, 0.717) is 13.0 Å². The van der Waals surface area contributed by atoms with E-state index in [4.69, 9.17) is 5.73 Å². The lowest BCUT2D eigenvalue weighted by Crippen LogP contribution is -2.61. The van der Waals surface area contributed by atoms with Crippen molar-refractivity contribution in [1.29, 1.82) is 0 Å². The third-order valence-electron chi connectivity index (χ3n) is 8.39. The molecular formula is C27H45N5O5. The molecule has 0 aromatic rings. The number of ketones is 1. The van der Waals surface area contributed by atoms with E-state index >= 15 is 0 Å². The molecular weight excluding hydrogens is 474 g/mol. The fourth-order valence-electron chi connectivity index (χ4n) is 5.88. The molecule has 0 spiro atoms. The average molecular weight is 520 g/mol. The van der Waals surface area contributed by atoms with Gasteiger partial charge in [0.1, 0.15) is 12.1 Å². The summed E-state index contributed by atoms with van der Waals surface area (Å²) in [6.45, 7) is 14.1. The molecule has 1 aliphatic heterocycles. The molecule has 2 unspecified atom stereocenters. The van der Waals surface area contributed by atoms with E-state index in [2.05, 4.69) is 29.8 Å². The van der Waals surface area contributed by atoms with E-state index in [9.17, 15) is 24.0 Å². The number of piperidine rings is 1. The molecule has 0 aromatic carbocycles. The SMILES string of the molecule is CCCC(C)NC(=O)N[C@H](C(=O)N1C[C@H]2[C@@H]([C@H]1C(=O)NC(CC1CC1)C(=O)C(N)=O)C2(C)C)C(C)(C)C. The van der Waals surface area contributed by atoms with Crippen molar-refractivity contribution in [2.24, 2.45) is 34.3 Å². The van der Waals surface area contributed by atoms with Crippen LogP contribution < -0.4 is 21.7 Å². The van der Waals surface area contributed by atoms with Crippen molar-refractivity contribution in [1.82, 2.24) is 20.9 Å². The van der Waals surface area contributed by atoms with Gasteiger partial charge in [-0.1, -0.05) is 60.8 Å². The molecule has 10 heteroatoms. The van der Waals surface area contributed by atoms with Crippen LogP contribution in [-0.2, 0) is 19.2 Å². The van der Waals surface area contributed by atoms with E-state index in [1.807, 2.05) is 34.6 Å². The molecule has 0 aromatic heterocycles. The number of fused-ring (bicyclic) bond motifs is 1. The molecule has 208 valence electrons. The van der Waals surface area contributed by atoms with Gasteiger partial charge in [-0.2, -0.15) is 0 Å². The third-order valence-corrected chi connectivity index (χ3v) is 8.39. The summed E-state index contributed by atoms with van der Waals surface area (Å²) >= 11 is 0. The van der Waals surface area contributed by atoms with Crippen molar-refractivity contribution in [2.45, 2.75) is 105 Å². The number of rotatable bonds is 11. The smallest absolute Gasteiger partial charge is 0.315 e. The number of Topliss-reactive ketones (excluding diaryl/α,β-unsaturated/α-hetero) is 1. The first-order chi connectivity index (χ1) is 17.1. The first-order valence-electron chi connectivity index (χ1n) is 13.6. The number of nitrogens with zero attached hydrogens (tertiary/aromatic N) is 1. The Labute approximate surface area is 220 Å². The van der Waals surface area contributed by atoms with E-state index < -0.39 is 47.2 Å². The summed E-state index contributed by atoms with van der Waals surface area (Å²) in [6, 6.07) is -3.09. The number of nitrogens with one attached hydrogen (secondary N) is 3. The molecule has 5 N–H and O–H groups in total. The highest BCUT2D eigenvalue weighted by Gasteiger charge is 2.70. The Balaban J connectivity index is 1.80. The Kier molecular flexibility index (Phi) is 8.29. The zero-order valence-corrected chi connectivity index (χ0v) is 23.3. The van der Waals surface area contributed by atoms with Crippen LogP contribution in [0.1, 0.15) is 80.6 Å². The Morgan fingerprint density at radius 2 is 1.68 bits per heavy atom. The predicted molar refractivity (Wildman–Crippen MR) is 139 cm³/mol. The van der Waals surface area contributed by atoms with Crippen LogP contribution in [0.25, 0.3) is 0 Å². The minimum atomic E-state index is -1.07. The maximum atomic E-state index is 13.9. The lowest BCUT2D eigenvalue weighted by Gasteiger charge is -2.38. The third kappa shape index (κ3) is 6.44. The second-order valence-electron chi connectivity index (χ2n) is 13.0. The Morgan fingerprint density at radius 1 is 1.05 bits per heavy atom. The van der Waals surface area contributed by atoms with Crippen molar-refractivity contribution in [3.8, 4) is 0 Å². The van der Waals surface area contributed by atoms with Crippen molar-refractivity contribution in [3.63, 3.8) is 0 Å². The van der Waals surface area contributed by atoms with Crippen LogP contribution in [0.2, 0.25) is 0 Å². The maximum absolute atomic E-state index is 13.9. The molecule has 0 radical (unpaired) electrons. The van der Waals surface area contributed by atoms with Gasteiger partial charge in [0.2, 0.25) is 17.6 Å². The van der Waals surface area contributed by atoms with E-state index in [-0.39, 0.29) is 35.1 Å². The quantitative estimate of drug-likeness (QED) is 0.306. The highest BCUT2D eigenvalue weighted by Crippen LogP contribution is 2.65. The predicted octanol–water partition coefficient (Wildman–Crippen LogP) is 1.71. The topological polar surface area (TPSA) is 151 Å². The van der Waals surface area contributed by atoms with E-state index in [0.717, 1.165) is 25.7 Å². The first kappa shape index (κ1) is 28.9. The van der Waals surface area contributed by atoms with Crippen LogP contribution in [0.3, 0.4) is 0 Å². The van der Waals surface area contributed by atoms with Crippen molar-refractivity contribution in [3.05, 3.63) is 0 Å². The van der Waals surface area contributed by atoms with Crippen LogP contribution in [-0.4, -0.2) is 65.1 Å². The van der Waals surface area contributed by atoms with Crippen LogP contribution in [0, 0.1) is 28.6 Å². The Hall–Kier alpha value is -2.65. The van der Waals surface area contributed by atoms with Gasteiger partial charge >= 0.3 is 6.03 Å². The molecule has 6 atom stereocenters. The number of nitrogens with two attached hydrogens (primary N) is 1. The van der Waals surface area contributed by atoms with Crippen LogP contribution in [0.15, 0.2) is 0 Å². The standard InChI is InChI=1S/C27H45N5O5/c1-8-9-14(2)29-25(37)31-21(26(3,4)5)24(36)32-13-16-18(27(16,6)7)19(32)23(35)30-17(12-15-10-11-15)20(33)22(28)34/h14-19,21H,8-13H2,1-7H3,(H2,28,34)(H,30,35)(H2,29,31,37)/t14?,16-,17?,18-,19-,21+/m0/s1. The Morgan fingerprint density at radius 3 is 2.19 bits per heavy atom. The van der Waals surface area contributed by atoms with Crippen LogP contribution in [0.5, 0.6) is 0 Å². The molecule has 5 amide bonds. The minimum absolute atomic E-state index is 0.0364. The van der Waals surface area contributed by atoms with Crippen LogP contribution >= 0.6 is 0 Å². The number of urea groups is 1. The molecule has 1 saturated heterocycles. The summed E-state index contributed by atoms with van der Waals surface area (Å²) in [5.41, 5.74) is 4.52. The zero-order valence-electron chi connectivity index (χ0n) is 23.3. The number of hydrogen-bond donors (Lipinski definition) is 4. The molecule has 0 bridgehead atoms. The largest absolute Gasteiger partial charge is 0.363 e. The number of primary amides is 1. The summed E-state index contributed by atoms with van der Waals surface area (Å²) in [5, 5.41) is 8.51. The van der Waals surface area contributed by atoms with Crippen molar-refractivity contribution >= 4 is 29.5 Å². The van der Waals surface area contributed by atoms with Gasteiger partial charge in [-0.15, -0.1) is 0 Å². The molecule has 3 rings (SSSR count). The average Bonchev–Trinajstić information content (AvgIpc) is 3.62. The number of amides is 5. The molecule has 3 fully saturated rings. The van der Waals surface area contributed by atoms with Gasteiger partial charge in [-0.3, -0.25) is 19.2 Å². The molecule has 10 nitrogen and oxygen atoms in total. The molecule has 2 aliphatic carbocycles. The number of carbonyl (C=O) groups is 5. The van der Waals surface area contributed by atoms with Gasteiger partial charge in [0.25, 0.3) is 5.91 Å². The van der Waals surface area contributed by atoms with Crippen molar-refractivity contribution < 1.29 is 24.0 Å². The monoisotopic (exact) mass is 519 g/mol. The van der Waals surface area contributed by atoms with Gasteiger partial charge in [0.05, 0.1) is 6.04 Å². The molecule has 37 heavy (non-hydrogen) atoms. The molecule has 3 aliphatic rings. The van der Waals surface area contributed by atoms with Crippen LogP contribution in [0.4, 0.5) is 4.79 Å². The second kappa shape index (κ2) is 10.6. The summed E-state index contributed by atoms with van der Waals surface area (Å²) in [7, 11) is 0. The maximum Gasteiger partial charge on any atom is 0.315 e. The number of hydrogen-bond acceptors (Lipinski definition) is 5. The minimum Gasteiger partial charge on any atom is -0.363 e. The fraction of sp³-hybridized carbons (Fsp3) is 0.815. The van der Waals surface area contributed by atoms with E-state index in [1.54, 1.807) is 4.90 Å². The number of likely N-dealkylation sites (tertiary alicyclic amines) is 1. The van der Waals surface area contributed by atoms with Gasteiger partial charge in [0.15, 0.2) is 0 Å². The fourth-order valence-corrected chi connectivity index (χ4v) is 5.88. The van der Waals surface area contributed by atoms with Gasteiger partial charge in [0, 0.05) is 12.6 Å². The summed E-state index contributed by atoms with van der Waals surface area (Å²) in [6.07, 6.45) is 4.00. The highest BCUT2D eigenvalue weighted by molar-refractivity contribution is 6.37. The zero-order chi connectivity index (χ0) is 27.9. The summed E-state index contributed by atoms with van der Waals surface area (Å²) in [5.74, 6) is -2.30. The van der Waals surface area contributed by atoms with Crippen molar-refractivity contribution in [2.75, 3.05) is 6.54 Å². The summed E-state index contributed by atoms with van der Waals surface area (Å²) in [4.78, 5) is 65.9. The Bertz CT molecular complexity index is 938. The normalized spacial score (nSPS) is 26.4. The molecule has 2 saturated carbocycles. The van der Waals surface area contributed by atoms with Gasteiger partial charge in [-0.05, 0) is 48.3 Å². The van der Waals surface area contributed by atoms with Gasteiger partial charge < -0.3 is 26.6 Å². The first-order valence-corrected chi connectivity index (χ1v) is 13.6. The number of carbonyl (C=O) groups excluding carboxylic acids is 5. The second-order valence-corrected chi connectivity index (χ2v) is 13.0. The lowest BCUT2D eigenvalue weighted by atomic mass is 9.85. The summed E-state index contributed by atoms with van der Waals surface area (Å²) < 4.78 is 0. The highest BCUT2D eigenvalue weighted by atomic mass is 16.2. The van der Waals surface area contributed by atoms with Gasteiger partial charge in [-0.25, -0.2) is 4.79 Å². The van der Waals surface area contributed by atoms with E-state index in [1.165, 1.54) is 0 Å². The lowest BCUT2D eigenvalue weighted by molar-refractivity contribution is -0.145.